The molecule has 0 aromatic heterocycles. The maximum Gasteiger partial charge on any atom is 0.249 e. The van der Waals surface area contributed by atoms with Gasteiger partial charge in [0, 0.05) is 13.1 Å². The molecule has 9 heavy (non-hydrogen) atoms. The largest absolute Gasteiger partial charge is 0.317 e. The monoisotopic (exact) mass is 130 g/mol. The van der Waals surface area contributed by atoms with Gasteiger partial charge in [0.05, 0.1) is 0 Å². The van der Waals surface area contributed by atoms with Crippen LogP contribution in [0.3, 0.4) is 0 Å². The van der Waals surface area contributed by atoms with Crippen LogP contribution >= 0.6 is 0 Å². The van der Waals surface area contributed by atoms with E-state index in [0.717, 1.165) is 13.1 Å². The standard InChI is InChI=1S/C4H10N4O/c1-2-6-4(5-1)8-7-3-9-4/h5-8H,1-3H2. The molecule has 5 nitrogen and oxygen atoms in total. The average molecular weight is 130 g/mol. The second-order valence-electron chi connectivity index (χ2n) is 2.13. The third kappa shape index (κ3) is 0.828. The summed E-state index contributed by atoms with van der Waals surface area (Å²) >= 11 is 0. The summed E-state index contributed by atoms with van der Waals surface area (Å²) in [5.74, 6) is -0.472. The second kappa shape index (κ2) is 1.89. The molecule has 0 radical (unpaired) electrons. The summed E-state index contributed by atoms with van der Waals surface area (Å²) in [6.07, 6.45) is 0. The molecular formula is C4H10N4O. The molecule has 2 fully saturated rings. The summed E-state index contributed by atoms with van der Waals surface area (Å²) < 4.78 is 5.26. The highest BCUT2D eigenvalue weighted by Gasteiger charge is 2.37. The van der Waals surface area contributed by atoms with Crippen LogP contribution in [0, 0.1) is 0 Å². The number of hydrazine groups is 1. The van der Waals surface area contributed by atoms with Gasteiger partial charge in [-0.15, -0.1) is 0 Å². The van der Waals surface area contributed by atoms with Gasteiger partial charge in [0.15, 0.2) is 0 Å². The van der Waals surface area contributed by atoms with Crippen molar-refractivity contribution in [1.29, 1.82) is 0 Å². The molecule has 1 spiro atoms. The quantitative estimate of drug-likeness (QED) is 0.302. The van der Waals surface area contributed by atoms with Gasteiger partial charge in [0.25, 0.3) is 0 Å². The minimum atomic E-state index is -0.472. The fraction of sp³-hybridized carbons (Fsp3) is 1.00. The molecule has 4 N–H and O–H groups in total. The maximum absolute atomic E-state index is 5.26. The Morgan fingerprint density at radius 3 is 2.56 bits per heavy atom. The number of ether oxygens (including phenoxy) is 1. The normalized spacial score (nSPS) is 32.0. The molecule has 2 saturated heterocycles. The Hall–Kier alpha value is -0.200. The Labute approximate surface area is 53.1 Å². The summed E-state index contributed by atoms with van der Waals surface area (Å²) in [7, 11) is 0. The van der Waals surface area contributed by atoms with E-state index in [4.69, 9.17) is 4.74 Å². The molecular weight excluding hydrogens is 120 g/mol. The predicted octanol–water partition coefficient (Wildman–Crippen LogP) is -2.13. The Balaban J connectivity index is 2.04. The van der Waals surface area contributed by atoms with E-state index in [1.54, 1.807) is 0 Å². The van der Waals surface area contributed by atoms with Gasteiger partial charge < -0.3 is 4.74 Å². The van der Waals surface area contributed by atoms with Gasteiger partial charge in [0.1, 0.15) is 6.73 Å². The van der Waals surface area contributed by atoms with Gasteiger partial charge in [-0.3, -0.25) is 10.6 Å². The lowest BCUT2D eigenvalue weighted by molar-refractivity contribution is -0.0417. The zero-order chi connectivity index (χ0) is 6.16. The first-order valence-corrected chi connectivity index (χ1v) is 3.05. The van der Waals surface area contributed by atoms with Gasteiger partial charge in [-0.2, -0.15) is 5.43 Å². The minimum absolute atomic E-state index is 0.472. The molecule has 0 amide bonds. The van der Waals surface area contributed by atoms with E-state index in [9.17, 15) is 0 Å². The van der Waals surface area contributed by atoms with Gasteiger partial charge in [-0.05, 0) is 0 Å². The molecule has 2 heterocycles. The van der Waals surface area contributed by atoms with Crippen LogP contribution in [0.1, 0.15) is 0 Å². The number of rotatable bonds is 0. The third-order valence-corrected chi connectivity index (χ3v) is 1.50. The van der Waals surface area contributed by atoms with Crippen molar-refractivity contribution in [3.63, 3.8) is 0 Å². The van der Waals surface area contributed by atoms with Crippen LogP contribution in [-0.4, -0.2) is 25.8 Å². The molecule has 0 atom stereocenters. The first kappa shape index (κ1) is 5.57. The smallest absolute Gasteiger partial charge is 0.249 e. The lowest BCUT2D eigenvalue weighted by Crippen LogP contribution is -2.59. The van der Waals surface area contributed by atoms with Crippen molar-refractivity contribution in [2.45, 2.75) is 5.97 Å². The van der Waals surface area contributed by atoms with Crippen molar-refractivity contribution in [3.05, 3.63) is 0 Å². The SMILES string of the molecule is C1CNC2(N1)NNCO2. The van der Waals surface area contributed by atoms with Crippen LogP contribution in [0.4, 0.5) is 0 Å². The lowest BCUT2D eigenvalue weighted by Gasteiger charge is -2.20. The minimum Gasteiger partial charge on any atom is -0.317 e. The van der Waals surface area contributed by atoms with E-state index in [0.29, 0.717) is 6.73 Å². The fourth-order valence-corrected chi connectivity index (χ4v) is 1.07. The molecule has 52 valence electrons. The highest BCUT2D eigenvalue weighted by molar-refractivity contribution is 4.80. The first-order chi connectivity index (χ1) is 4.41. The van der Waals surface area contributed by atoms with E-state index in [2.05, 4.69) is 21.5 Å². The van der Waals surface area contributed by atoms with Crippen molar-refractivity contribution in [3.8, 4) is 0 Å². The lowest BCUT2D eigenvalue weighted by atomic mass is 10.7. The predicted molar refractivity (Wildman–Crippen MR) is 31.0 cm³/mol. The zero-order valence-electron chi connectivity index (χ0n) is 5.03. The summed E-state index contributed by atoms with van der Waals surface area (Å²) in [5, 5.41) is 6.25. The van der Waals surface area contributed by atoms with Crippen LogP contribution in [0.15, 0.2) is 0 Å². The Kier molecular flexibility index (Phi) is 1.17. The molecule has 2 rings (SSSR count). The number of hydrogen-bond donors (Lipinski definition) is 4. The summed E-state index contributed by atoms with van der Waals surface area (Å²) in [4.78, 5) is 0. The van der Waals surface area contributed by atoms with Crippen molar-refractivity contribution in [2.24, 2.45) is 0 Å². The Morgan fingerprint density at radius 1 is 1.22 bits per heavy atom. The average Bonchev–Trinajstić information content (AvgIpc) is 2.45. The fourth-order valence-electron chi connectivity index (χ4n) is 1.07. The van der Waals surface area contributed by atoms with Gasteiger partial charge in [-0.25, -0.2) is 5.43 Å². The van der Waals surface area contributed by atoms with E-state index in [1.165, 1.54) is 0 Å². The van der Waals surface area contributed by atoms with Crippen LogP contribution in [0.5, 0.6) is 0 Å². The molecule has 0 aliphatic carbocycles. The van der Waals surface area contributed by atoms with Crippen molar-refractivity contribution >= 4 is 0 Å². The molecule has 2 aliphatic heterocycles. The van der Waals surface area contributed by atoms with Crippen molar-refractivity contribution < 1.29 is 4.74 Å². The molecule has 0 aromatic rings. The van der Waals surface area contributed by atoms with Crippen LogP contribution in [0.2, 0.25) is 0 Å². The Morgan fingerprint density at radius 2 is 2.00 bits per heavy atom. The highest BCUT2D eigenvalue weighted by Crippen LogP contribution is 2.03. The molecule has 0 saturated carbocycles. The molecule has 2 aliphatic rings. The molecule has 0 bridgehead atoms. The highest BCUT2D eigenvalue weighted by atomic mass is 16.6. The van der Waals surface area contributed by atoms with E-state index < -0.39 is 5.97 Å². The molecule has 0 aromatic carbocycles. The van der Waals surface area contributed by atoms with E-state index in [-0.39, 0.29) is 0 Å². The second-order valence-corrected chi connectivity index (χ2v) is 2.13. The summed E-state index contributed by atoms with van der Waals surface area (Å²) in [5.41, 5.74) is 5.80. The maximum atomic E-state index is 5.26. The van der Waals surface area contributed by atoms with Crippen LogP contribution in [0.25, 0.3) is 0 Å². The van der Waals surface area contributed by atoms with Crippen molar-refractivity contribution in [1.82, 2.24) is 21.5 Å². The Bertz CT molecular complexity index is 87.6. The summed E-state index contributed by atoms with van der Waals surface area (Å²) in [6, 6.07) is 0. The van der Waals surface area contributed by atoms with Crippen LogP contribution in [-0.2, 0) is 4.74 Å². The number of nitrogens with one attached hydrogen (secondary N) is 4. The third-order valence-electron chi connectivity index (χ3n) is 1.50. The van der Waals surface area contributed by atoms with E-state index >= 15 is 0 Å². The molecule has 5 heteroatoms. The van der Waals surface area contributed by atoms with Crippen LogP contribution < -0.4 is 21.5 Å². The van der Waals surface area contributed by atoms with E-state index in [1.807, 2.05) is 0 Å². The zero-order valence-corrected chi connectivity index (χ0v) is 5.03. The summed E-state index contributed by atoms with van der Waals surface area (Å²) in [6.45, 7) is 2.42. The molecule has 0 unspecified atom stereocenters. The van der Waals surface area contributed by atoms with Crippen molar-refractivity contribution in [2.75, 3.05) is 19.8 Å². The number of hydrogen-bond acceptors (Lipinski definition) is 5. The first-order valence-electron chi connectivity index (χ1n) is 3.05. The topological polar surface area (TPSA) is 57.3 Å². The van der Waals surface area contributed by atoms with Gasteiger partial charge >= 0.3 is 0 Å². The van der Waals surface area contributed by atoms with Gasteiger partial charge in [0.2, 0.25) is 5.97 Å². The van der Waals surface area contributed by atoms with Gasteiger partial charge in [-0.1, -0.05) is 0 Å².